The zero-order valence-electron chi connectivity index (χ0n) is 19.5. The van der Waals surface area contributed by atoms with Gasteiger partial charge in [0, 0.05) is 29.9 Å². The molecule has 33 heavy (non-hydrogen) atoms. The molecule has 0 aliphatic heterocycles. The van der Waals surface area contributed by atoms with Crippen molar-refractivity contribution in [1.29, 1.82) is 0 Å². The van der Waals surface area contributed by atoms with E-state index in [2.05, 4.69) is 42.7 Å². The van der Waals surface area contributed by atoms with Crippen molar-refractivity contribution in [3.05, 3.63) is 101 Å². The third kappa shape index (κ3) is 5.22. The molecular formula is C29H29N3O. The highest BCUT2D eigenvalue weighted by atomic mass is 16.1. The van der Waals surface area contributed by atoms with E-state index in [4.69, 9.17) is 4.98 Å². The lowest BCUT2D eigenvalue weighted by molar-refractivity contribution is 0.103. The first-order chi connectivity index (χ1) is 16.1. The van der Waals surface area contributed by atoms with Crippen LogP contribution in [0.1, 0.15) is 46.6 Å². The zero-order valence-corrected chi connectivity index (χ0v) is 19.5. The maximum Gasteiger partial charge on any atom is 0.209 e. The number of ketones is 1. The molecule has 166 valence electrons. The number of carbonyl (C=O) groups excluding carboxylic acids is 1. The summed E-state index contributed by atoms with van der Waals surface area (Å²) in [6.45, 7) is 9.65. The number of para-hydroxylation sites is 1. The summed E-state index contributed by atoms with van der Waals surface area (Å²) in [5.74, 6) is 6.60. The van der Waals surface area contributed by atoms with Crippen LogP contribution in [0.2, 0.25) is 0 Å². The van der Waals surface area contributed by atoms with E-state index in [1.54, 1.807) is 0 Å². The minimum Gasteiger partial charge on any atom is -0.340 e. The maximum absolute atomic E-state index is 13.0. The molecule has 0 atom stereocenters. The number of pyridine rings is 1. The minimum atomic E-state index is 0.0273. The molecule has 2 heterocycles. The first-order valence-corrected chi connectivity index (χ1v) is 11.4. The Morgan fingerprint density at radius 2 is 1.82 bits per heavy atom. The molecule has 0 radical (unpaired) electrons. The normalized spacial score (nSPS) is 10.9. The van der Waals surface area contributed by atoms with E-state index < -0.39 is 0 Å². The number of fused-ring (bicyclic) bond motifs is 1. The highest BCUT2D eigenvalue weighted by molar-refractivity contribution is 6.08. The molecule has 0 bridgehead atoms. The molecule has 0 spiro atoms. The summed E-state index contributed by atoms with van der Waals surface area (Å²) in [4.78, 5) is 20.0. The number of rotatable bonds is 7. The van der Waals surface area contributed by atoms with Crippen molar-refractivity contribution in [2.75, 3.05) is 19.6 Å². The van der Waals surface area contributed by atoms with Gasteiger partial charge in [-0.15, -0.1) is 0 Å². The molecule has 2 aromatic heterocycles. The second-order valence-corrected chi connectivity index (χ2v) is 8.20. The molecule has 0 N–H and O–H groups in total. The molecule has 0 fully saturated rings. The van der Waals surface area contributed by atoms with Gasteiger partial charge in [-0.25, -0.2) is 0 Å². The van der Waals surface area contributed by atoms with Crippen LogP contribution in [-0.4, -0.2) is 39.9 Å². The Balaban J connectivity index is 1.56. The summed E-state index contributed by atoms with van der Waals surface area (Å²) < 4.78 is 1.98. The van der Waals surface area contributed by atoms with Crippen LogP contribution >= 0.6 is 0 Å². The number of aromatic nitrogens is 2. The van der Waals surface area contributed by atoms with Gasteiger partial charge in [-0.2, -0.15) is 0 Å². The summed E-state index contributed by atoms with van der Waals surface area (Å²) in [6.07, 6.45) is 3.83. The van der Waals surface area contributed by atoms with Crippen molar-refractivity contribution in [3.8, 4) is 11.8 Å². The second-order valence-electron chi connectivity index (χ2n) is 8.20. The molecule has 0 aliphatic carbocycles. The highest BCUT2D eigenvalue weighted by Crippen LogP contribution is 2.19. The molecule has 0 aliphatic rings. The third-order valence-electron chi connectivity index (χ3n) is 5.92. The van der Waals surface area contributed by atoms with Gasteiger partial charge in [0.25, 0.3) is 0 Å². The minimum absolute atomic E-state index is 0.0273. The Kier molecular flexibility index (Phi) is 7.02. The smallest absolute Gasteiger partial charge is 0.209 e. The van der Waals surface area contributed by atoms with Crippen molar-refractivity contribution in [1.82, 2.24) is 14.5 Å². The average Bonchev–Trinajstić information content (AvgIpc) is 3.30. The third-order valence-corrected chi connectivity index (χ3v) is 5.92. The predicted octanol–water partition coefficient (Wildman–Crippen LogP) is 5.32. The number of hydrogen-bond acceptors (Lipinski definition) is 3. The van der Waals surface area contributed by atoms with Crippen LogP contribution in [0, 0.1) is 18.8 Å². The highest BCUT2D eigenvalue weighted by Gasteiger charge is 2.14. The molecule has 4 nitrogen and oxygen atoms in total. The molecule has 0 unspecified atom stereocenters. The van der Waals surface area contributed by atoms with Crippen LogP contribution in [0.15, 0.2) is 73.1 Å². The molecule has 0 saturated carbocycles. The van der Waals surface area contributed by atoms with Gasteiger partial charge in [0.15, 0.2) is 0 Å². The molecule has 2 aromatic carbocycles. The molecule has 4 heteroatoms. The van der Waals surface area contributed by atoms with E-state index >= 15 is 0 Å². The van der Waals surface area contributed by atoms with Gasteiger partial charge in [-0.3, -0.25) is 14.7 Å². The summed E-state index contributed by atoms with van der Waals surface area (Å²) >= 11 is 0. The van der Waals surface area contributed by atoms with Crippen LogP contribution in [0.5, 0.6) is 0 Å². The summed E-state index contributed by atoms with van der Waals surface area (Å²) in [5, 5.41) is 1.06. The molecule has 4 aromatic rings. The fourth-order valence-electron chi connectivity index (χ4n) is 3.90. The van der Waals surface area contributed by atoms with Crippen molar-refractivity contribution >= 4 is 16.7 Å². The van der Waals surface area contributed by atoms with E-state index in [9.17, 15) is 4.79 Å². The Bertz CT molecular complexity index is 1320. The number of nitrogens with zero attached hydrogens (tertiary/aromatic N) is 3. The monoisotopic (exact) mass is 435 g/mol. The molecule has 0 amide bonds. The van der Waals surface area contributed by atoms with Crippen LogP contribution in [0.25, 0.3) is 10.9 Å². The van der Waals surface area contributed by atoms with Crippen molar-refractivity contribution < 1.29 is 4.79 Å². The maximum atomic E-state index is 13.0. The summed E-state index contributed by atoms with van der Waals surface area (Å²) in [5.41, 5.74) is 5.42. The number of benzene rings is 2. The van der Waals surface area contributed by atoms with Crippen LogP contribution in [0.3, 0.4) is 0 Å². The quantitative estimate of drug-likeness (QED) is 0.291. The number of hydrogen-bond donors (Lipinski definition) is 0. The average molecular weight is 436 g/mol. The van der Waals surface area contributed by atoms with Gasteiger partial charge >= 0.3 is 0 Å². The first kappa shape index (κ1) is 22.5. The van der Waals surface area contributed by atoms with Crippen molar-refractivity contribution in [2.45, 2.75) is 27.3 Å². The Hall–Kier alpha value is -3.68. The van der Waals surface area contributed by atoms with Crippen LogP contribution in [-0.2, 0) is 6.54 Å². The fraction of sp³-hybridized carbons (Fsp3) is 0.241. The first-order valence-electron chi connectivity index (χ1n) is 11.4. The van der Waals surface area contributed by atoms with Crippen molar-refractivity contribution in [3.63, 3.8) is 0 Å². The Labute approximate surface area is 195 Å². The number of carbonyl (C=O) groups is 1. The summed E-state index contributed by atoms with van der Waals surface area (Å²) in [7, 11) is 0. The van der Waals surface area contributed by atoms with Gasteiger partial charge in [0.05, 0.1) is 23.3 Å². The summed E-state index contributed by atoms with van der Waals surface area (Å²) in [6, 6.07) is 19.7. The molecule has 4 rings (SSSR count). The molecular weight excluding hydrogens is 406 g/mol. The van der Waals surface area contributed by atoms with Gasteiger partial charge in [-0.1, -0.05) is 67.6 Å². The van der Waals surface area contributed by atoms with Crippen LogP contribution in [0.4, 0.5) is 0 Å². The van der Waals surface area contributed by atoms with Gasteiger partial charge < -0.3 is 4.57 Å². The lowest BCUT2D eigenvalue weighted by Gasteiger charge is -2.13. The van der Waals surface area contributed by atoms with Crippen LogP contribution < -0.4 is 0 Å². The zero-order chi connectivity index (χ0) is 23.2. The standard InChI is InChI=1S/C29H29N3O/c1-4-31(5-2)17-7-11-24-9-6-10-26-19-23(20-30-28(24)26)21-32-18-8-12-27(32)29(33)25-15-13-22(3)14-16-25/h6,8-10,12-16,18-20H,4-5,17,21H2,1-3H3. The van der Waals surface area contributed by atoms with E-state index in [0.29, 0.717) is 17.8 Å². The lowest BCUT2D eigenvalue weighted by Crippen LogP contribution is -2.22. The fourth-order valence-corrected chi connectivity index (χ4v) is 3.90. The van der Waals surface area contributed by atoms with Crippen molar-refractivity contribution in [2.24, 2.45) is 0 Å². The van der Waals surface area contributed by atoms with E-state index in [1.807, 2.05) is 72.4 Å². The topological polar surface area (TPSA) is 38.1 Å². The Morgan fingerprint density at radius 3 is 2.58 bits per heavy atom. The largest absolute Gasteiger partial charge is 0.340 e. The second kappa shape index (κ2) is 10.3. The van der Waals surface area contributed by atoms with Gasteiger partial charge in [0.2, 0.25) is 5.78 Å². The van der Waals surface area contributed by atoms with Gasteiger partial charge in [0.1, 0.15) is 0 Å². The predicted molar refractivity (Wildman–Crippen MR) is 135 cm³/mol. The van der Waals surface area contributed by atoms with Gasteiger partial charge in [-0.05, 0) is 49.8 Å². The number of aryl methyl sites for hydroxylation is 1. The SMILES string of the molecule is CCN(CC)CC#Cc1cccc2cc(Cn3cccc3C(=O)c3ccc(C)cc3)cnc12. The van der Waals surface area contributed by atoms with E-state index in [0.717, 1.165) is 47.2 Å². The lowest BCUT2D eigenvalue weighted by atomic mass is 10.1. The van der Waals surface area contributed by atoms with E-state index in [1.165, 1.54) is 0 Å². The Morgan fingerprint density at radius 1 is 1.03 bits per heavy atom. The van der Waals surface area contributed by atoms with E-state index in [-0.39, 0.29) is 5.78 Å². The molecule has 0 saturated heterocycles.